The Balaban J connectivity index is 2.10. The molecule has 2 heteroatoms. The zero-order chi connectivity index (χ0) is 15.5. The first kappa shape index (κ1) is 14.1. The Hall–Kier alpha value is -2.87. The van der Waals surface area contributed by atoms with Gasteiger partial charge in [0.05, 0.1) is 0 Å². The molecule has 0 heterocycles. The van der Waals surface area contributed by atoms with Gasteiger partial charge in [0, 0.05) is 6.08 Å². The highest BCUT2D eigenvalue weighted by Gasteiger charge is 2.06. The van der Waals surface area contributed by atoms with E-state index in [1.54, 1.807) is 6.08 Å². The van der Waals surface area contributed by atoms with Crippen LogP contribution in [0.4, 0.5) is 0 Å². The molecule has 0 radical (unpaired) electrons. The predicted octanol–water partition coefficient (Wildman–Crippen LogP) is 4.91. The van der Waals surface area contributed by atoms with Crippen LogP contribution in [-0.4, -0.2) is 11.1 Å². The molecule has 0 atom stereocenters. The minimum Gasteiger partial charge on any atom is -0.478 e. The number of benzene rings is 3. The molecule has 22 heavy (non-hydrogen) atoms. The summed E-state index contributed by atoms with van der Waals surface area (Å²) >= 11 is 0. The number of aliphatic carboxylic acids is 1. The Morgan fingerprint density at radius 2 is 1.73 bits per heavy atom. The van der Waals surface area contributed by atoms with E-state index in [9.17, 15) is 4.79 Å². The van der Waals surface area contributed by atoms with Gasteiger partial charge in [0.15, 0.2) is 0 Å². The van der Waals surface area contributed by atoms with Crippen molar-refractivity contribution in [3.63, 3.8) is 0 Å². The highest BCUT2D eigenvalue weighted by Crippen LogP contribution is 2.31. The number of carboxylic acid groups (broad SMARTS) is 1. The maximum absolute atomic E-state index is 10.6. The fraction of sp³-hybridized carbons (Fsp3) is 0.0500. The fourth-order valence-corrected chi connectivity index (χ4v) is 2.72. The van der Waals surface area contributed by atoms with Crippen LogP contribution in [0.3, 0.4) is 0 Å². The summed E-state index contributed by atoms with van der Waals surface area (Å²) in [4.78, 5) is 10.6. The molecule has 0 aliphatic heterocycles. The van der Waals surface area contributed by atoms with Gasteiger partial charge in [-0.05, 0) is 46.0 Å². The highest BCUT2D eigenvalue weighted by molar-refractivity contribution is 5.97. The topological polar surface area (TPSA) is 37.3 Å². The second-order valence-corrected chi connectivity index (χ2v) is 5.27. The molecule has 1 N–H and O–H groups in total. The fourth-order valence-electron chi connectivity index (χ4n) is 2.72. The summed E-state index contributed by atoms with van der Waals surface area (Å²) in [5.74, 6) is -0.934. The molecule has 0 aliphatic carbocycles. The van der Waals surface area contributed by atoms with Gasteiger partial charge in [-0.1, -0.05) is 60.7 Å². The summed E-state index contributed by atoms with van der Waals surface area (Å²) in [7, 11) is 0. The molecule has 0 saturated carbocycles. The molecule has 0 fully saturated rings. The lowest BCUT2D eigenvalue weighted by Gasteiger charge is -2.10. The van der Waals surface area contributed by atoms with Crippen molar-refractivity contribution in [2.24, 2.45) is 0 Å². The standard InChI is InChI=1S/C20H16O2/c1-14-13-15(10-12-20(21)22)9-11-17(14)19-8-4-6-16-5-2-3-7-18(16)19/h2-13H,1H3,(H,21,22). The molecule has 108 valence electrons. The molecule has 3 aromatic rings. The predicted molar refractivity (Wildman–Crippen MR) is 90.8 cm³/mol. The first-order valence-electron chi connectivity index (χ1n) is 7.15. The molecular formula is C20H16O2. The maximum atomic E-state index is 10.6. The second kappa shape index (κ2) is 5.86. The van der Waals surface area contributed by atoms with Crippen LogP contribution in [0.1, 0.15) is 11.1 Å². The molecule has 0 spiro atoms. The summed E-state index contributed by atoms with van der Waals surface area (Å²) < 4.78 is 0. The molecule has 0 aromatic heterocycles. The third-order valence-electron chi connectivity index (χ3n) is 3.75. The lowest BCUT2D eigenvalue weighted by Crippen LogP contribution is -1.88. The van der Waals surface area contributed by atoms with Crippen LogP contribution in [0.5, 0.6) is 0 Å². The van der Waals surface area contributed by atoms with Crippen molar-refractivity contribution in [2.75, 3.05) is 0 Å². The van der Waals surface area contributed by atoms with Crippen LogP contribution >= 0.6 is 0 Å². The summed E-state index contributed by atoms with van der Waals surface area (Å²) in [5.41, 5.74) is 4.39. The van der Waals surface area contributed by atoms with E-state index in [0.29, 0.717) is 0 Å². The third kappa shape index (κ3) is 2.77. The van der Waals surface area contributed by atoms with Gasteiger partial charge in [-0.3, -0.25) is 0 Å². The Kier molecular flexibility index (Phi) is 3.75. The molecule has 0 saturated heterocycles. The van der Waals surface area contributed by atoms with Gasteiger partial charge in [-0.15, -0.1) is 0 Å². The average Bonchev–Trinajstić information content (AvgIpc) is 2.53. The number of carbonyl (C=O) groups is 1. The van der Waals surface area contributed by atoms with E-state index >= 15 is 0 Å². The van der Waals surface area contributed by atoms with Crippen LogP contribution in [0.25, 0.3) is 28.0 Å². The largest absolute Gasteiger partial charge is 0.478 e. The molecular weight excluding hydrogens is 272 g/mol. The molecule has 0 aliphatic rings. The Morgan fingerprint density at radius 1 is 0.955 bits per heavy atom. The quantitative estimate of drug-likeness (QED) is 0.695. The zero-order valence-corrected chi connectivity index (χ0v) is 12.3. The lowest BCUT2D eigenvalue weighted by molar-refractivity contribution is -0.131. The molecule has 0 amide bonds. The number of carboxylic acids is 1. The van der Waals surface area contributed by atoms with Gasteiger partial charge in [0.2, 0.25) is 0 Å². The van der Waals surface area contributed by atoms with Crippen LogP contribution in [-0.2, 0) is 4.79 Å². The van der Waals surface area contributed by atoms with Gasteiger partial charge >= 0.3 is 5.97 Å². The minimum absolute atomic E-state index is 0.892. The van der Waals surface area contributed by atoms with Gasteiger partial charge in [-0.25, -0.2) is 4.79 Å². The monoisotopic (exact) mass is 288 g/mol. The maximum Gasteiger partial charge on any atom is 0.328 e. The van der Waals surface area contributed by atoms with Crippen molar-refractivity contribution >= 4 is 22.8 Å². The summed E-state index contributed by atoms with van der Waals surface area (Å²) in [5, 5.41) is 11.1. The van der Waals surface area contributed by atoms with Gasteiger partial charge in [0.25, 0.3) is 0 Å². The van der Waals surface area contributed by atoms with Crippen LogP contribution in [0.2, 0.25) is 0 Å². The van der Waals surface area contributed by atoms with Crippen molar-refractivity contribution in [1.29, 1.82) is 0 Å². The van der Waals surface area contributed by atoms with Crippen LogP contribution in [0, 0.1) is 6.92 Å². The van der Waals surface area contributed by atoms with E-state index in [1.165, 1.54) is 21.9 Å². The first-order valence-corrected chi connectivity index (χ1v) is 7.15. The first-order chi connectivity index (χ1) is 10.6. The summed E-state index contributed by atoms with van der Waals surface area (Å²) in [6.45, 7) is 2.05. The Morgan fingerprint density at radius 3 is 2.50 bits per heavy atom. The van der Waals surface area contributed by atoms with Crippen molar-refractivity contribution in [3.05, 3.63) is 77.9 Å². The van der Waals surface area contributed by atoms with Gasteiger partial charge < -0.3 is 5.11 Å². The third-order valence-corrected chi connectivity index (χ3v) is 3.75. The van der Waals surface area contributed by atoms with E-state index in [-0.39, 0.29) is 0 Å². The number of rotatable bonds is 3. The number of fused-ring (bicyclic) bond motifs is 1. The van der Waals surface area contributed by atoms with Gasteiger partial charge in [0.1, 0.15) is 0 Å². The summed E-state index contributed by atoms with van der Waals surface area (Å²) in [6, 6.07) is 20.6. The molecule has 3 aromatic carbocycles. The van der Waals surface area contributed by atoms with Crippen LogP contribution < -0.4 is 0 Å². The summed E-state index contributed by atoms with van der Waals surface area (Å²) in [6.07, 6.45) is 2.77. The van der Waals surface area contributed by atoms with E-state index in [0.717, 1.165) is 17.2 Å². The average molecular weight is 288 g/mol. The SMILES string of the molecule is Cc1cc(C=CC(=O)O)ccc1-c1cccc2ccccc12. The van der Waals surface area contributed by atoms with Crippen molar-refractivity contribution in [1.82, 2.24) is 0 Å². The Labute approximate surface area is 129 Å². The van der Waals surface area contributed by atoms with E-state index in [4.69, 9.17) is 5.11 Å². The minimum atomic E-state index is -0.934. The highest BCUT2D eigenvalue weighted by atomic mass is 16.4. The smallest absolute Gasteiger partial charge is 0.328 e. The van der Waals surface area contributed by atoms with Crippen molar-refractivity contribution in [2.45, 2.75) is 6.92 Å². The Bertz CT molecular complexity index is 871. The second-order valence-electron chi connectivity index (χ2n) is 5.27. The molecule has 0 bridgehead atoms. The number of aryl methyl sites for hydroxylation is 1. The number of hydrogen-bond acceptors (Lipinski definition) is 1. The zero-order valence-electron chi connectivity index (χ0n) is 12.3. The normalized spacial score (nSPS) is 11.1. The molecule has 0 unspecified atom stereocenters. The number of hydrogen-bond donors (Lipinski definition) is 1. The van der Waals surface area contributed by atoms with Gasteiger partial charge in [-0.2, -0.15) is 0 Å². The van der Waals surface area contributed by atoms with E-state index < -0.39 is 5.97 Å². The molecule has 2 nitrogen and oxygen atoms in total. The lowest BCUT2D eigenvalue weighted by atomic mass is 9.94. The molecule has 3 rings (SSSR count). The van der Waals surface area contributed by atoms with Crippen molar-refractivity contribution in [3.8, 4) is 11.1 Å². The van der Waals surface area contributed by atoms with E-state index in [2.05, 4.69) is 43.3 Å². The van der Waals surface area contributed by atoms with Crippen LogP contribution in [0.15, 0.2) is 66.7 Å². The van der Waals surface area contributed by atoms with Crippen molar-refractivity contribution < 1.29 is 9.90 Å². The van der Waals surface area contributed by atoms with E-state index in [1.807, 2.05) is 24.3 Å².